The second kappa shape index (κ2) is 7.21. The van der Waals surface area contributed by atoms with Crippen LogP contribution in [-0.2, 0) is 10.8 Å². The van der Waals surface area contributed by atoms with Gasteiger partial charge in [-0.3, -0.25) is 4.21 Å². The van der Waals surface area contributed by atoms with E-state index in [1.807, 2.05) is 18.2 Å². The summed E-state index contributed by atoms with van der Waals surface area (Å²) in [7, 11) is -0.713. The molecule has 0 heterocycles. The molecule has 0 amide bonds. The lowest BCUT2D eigenvalue weighted by Crippen LogP contribution is -2.21. The highest BCUT2D eigenvalue weighted by Crippen LogP contribution is 2.13. The van der Waals surface area contributed by atoms with Crippen molar-refractivity contribution in [1.82, 2.24) is 5.32 Å². The Labute approximate surface area is 105 Å². The minimum atomic E-state index is -0.713. The molecule has 0 aliphatic heterocycles. The number of rotatable bonds is 6. The van der Waals surface area contributed by atoms with Gasteiger partial charge in [0.1, 0.15) is 0 Å². The molecule has 0 aliphatic rings. The van der Waals surface area contributed by atoms with E-state index in [-0.39, 0.29) is 6.04 Å². The van der Waals surface area contributed by atoms with Crippen molar-refractivity contribution in [1.29, 1.82) is 5.26 Å². The summed E-state index contributed by atoms with van der Waals surface area (Å²) >= 11 is 0. The molecule has 1 rings (SSSR count). The predicted molar refractivity (Wildman–Crippen MR) is 71.1 cm³/mol. The molecule has 2 unspecified atom stereocenters. The minimum absolute atomic E-state index is 0.216. The fourth-order valence-electron chi connectivity index (χ4n) is 1.59. The van der Waals surface area contributed by atoms with Crippen LogP contribution in [0.15, 0.2) is 24.3 Å². The van der Waals surface area contributed by atoms with Crippen LogP contribution in [0, 0.1) is 11.3 Å². The third-order valence-electron chi connectivity index (χ3n) is 2.57. The molecule has 0 spiro atoms. The van der Waals surface area contributed by atoms with Crippen LogP contribution in [0.5, 0.6) is 0 Å². The average molecular weight is 250 g/mol. The average Bonchev–Trinajstić information content (AvgIpc) is 2.34. The molecule has 0 aliphatic carbocycles. The molecule has 3 nitrogen and oxygen atoms in total. The number of nitrogens with zero attached hydrogens (tertiary/aromatic N) is 1. The van der Waals surface area contributed by atoms with E-state index in [4.69, 9.17) is 5.26 Å². The van der Waals surface area contributed by atoms with Crippen molar-refractivity contribution >= 4 is 10.8 Å². The van der Waals surface area contributed by atoms with Gasteiger partial charge >= 0.3 is 0 Å². The SMILES string of the molecule is CC(NCCCS(C)=O)c1cccc(C#N)c1. The van der Waals surface area contributed by atoms with E-state index in [1.54, 1.807) is 12.3 Å². The zero-order valence-electron chi connectivity index (χ0n) is 10.3. The van der Waals surface area contributed by atoms with Crippen molar-refractivity contribution in [3.63, 3.8) is 0 Å². The normalized spacial score (nSPS) is 13.9. The van der Waals surface area contributed by atoms with Gasteiger partial charge in [0.25, 0.3) is 0 Å². The summed E-state index contributed by atoms with van der Waals surface area (Å²) in [5.41, 5.74) is 1.80. The van der Waals surface area contributed by atoms with Gasteiger partial charge < -0.3 is 5.32 Å². The van der Waals surface area contributed by atoms with Crippen molar-refractivity contribution < 1.29 is 4.21 Å². The molecular weight excluding hydrogens is 232 g/mol. The molecule has 0 fully saturated rings. The number of nitrogens with one attached hydrogen (secondary N) is 1. The summed E-state index contributed by atoms with van der Waals surface area (Å²) < 4.78 is 10.9. The van der Waals surface area contributed by atoms with Gasteiger partial charge in [-0.05, 0) is 37.6 Å². The maximum atomic E-state index is 10.9. The molecule has 0 saturated heterocycles. The molecule has 0 radical (unpaired) electrons. The second-order valence-electron chi connectivity index (χ2n) is 4.04. The van der Waals surface area contributed by atoms with Crippen LogP contribution in [0.3, 0.4) is 0 Å². The van der Waals surface area contributed by atoms with Crippen molar-refractivity contribution in [2.75, 3.05) is 18.6 Å². The minimum Gasteiger partial charge on any atom is -0.310 e. The first-order valence-corrected chi connectivity index (χ1v) is 7.39. The Morgan fingerprint density at radius 2 is 2.29 bits per heavy atom. The number of benzene rings is 1. The van der Waals surface area contributed by atoms with E-state index in [0.29, 0.717) is 5.56 Å². The van der Waals surface area contributed by atoms with Crippen molar-refractivity contribution in [3.05, 3.63) is 35.4 Å². The van der Waals surface area contributed by atoms with Crippen molar-refractivity contribution in [2.24, 2.45) is 0 Å². The van der Waals surface area contributed by atoms with Crippen LogP contribution < -0.4 is 5.32 Å². The summed E-state index contributed by atoms with van der Waals surface area (Å²) in [6.07, 6.45) is 2.63. The summed E-state index contributed by atoms with van der Waals surface area (Å²) in [5.74, 6) is 0.734. The van der Waals surface area contributed by atoms with Gasteiger partial charge in [0.05, 0.1) is 11.6 Å². The van der Waals surface area contributed by atoms with Crippen LogP contribution in [-0.4, -0.2) is 22.8 Å². The fourth-order valence-corrected chi connectivity index (χ4v) is 2.14. The maximum Gasteiger partial charge on any atom is 0.0991 e. The zero-order chi connectivity index (χ0) is 12.7. The van der Waals surface area contributed by atoms with E-state index >= 15 is 0 Å². The van der Waals surface area contributed by atoms with E-state index in [0.717, 1.165) is 24.3 Å². The summed E-state index contributed by atoms with van der Waals surface area (Å²) in [5, 5.41) is 12.2. The monoisotopic (exact) mass is 250 g/mol. The smallest absolute Gasteiger partial charge is 0.0991 e. The third-order valence-corrected chi connectivity index (χ3v) is 3.44. The Bertz CT molecular complexity index is 426. The lowest BCUT2D eigenvalue weighted by molar-refractivity contribution is 0.570. The van der Waals surface area contributed by atoms with Gasteiger partial charge in [-0.15, -0.1) is 0 Å². The number of hydrogen-bond donors (Lipinski definition) is 1. The van der Waals surface area contributed by atoms with E-state index in [2.05, 4.69) is 18.3 Å². The Kier molecular flexibility index (Phi) is 5.88. The molecule has 0 saturated carbocycles. The lowest BCUT2D eigenvalue weighted by atomic mass is 10.1. The van der Waals surface area contributed by atoms with E-state index in [1.165, 1.54) is 0 Å². The first kappa shape index (κ1) is 13.9. The van der Waals surface area contributed by atoms with Crippen molar-refractivity contribution in [3.8, 4) is 6.07 Å². The molecule has 0 aromatic heterocycles. The van der Waals surface area contributed by atoms with Gasteiger partial charge in [-0.25, -0.2) is 0 Å². The molecule has 1 N–H and O–H groups in total. The van der Waals surface area contributed by atoms with E-state index in [9.17, 15) is 4.21 Å². The van der Waals surface area contributed by atoms with Crippen LogP contribution in [0.25, 0.3) is 0 Å². The molecule has 2 atom stereocenters. The first-order valence-electron chi connectivity index (χ1n) is 5.67. The van der Waals surface area contributed by atoms with Crippen LogP contribution >= 0.6 is 0 Å². The maximum absolute atomic E-state index is 10.9. The lowest BCUT2D eigenvalue weighted by Gasteiger charge is -2.14. The highest BCUT2D eigenvalue weighted by atomic mass is 32.2. The number of nitriles is 1. The molecule has 1 aromatic carbocycles. The van der Waals surface area contributed by atoms with Gasteiger partial charge in [-0.2, -0.15) is 5.26 Å². The highest BCUT2D eigenvalue weighted by molar-refractivity contribution is 7.84. The Morgan fingerprint density at radius 3 is 2.94 bits per heavy atom. The van der Waals surface area contributed by atoms with Gasteiger partial charge in [0.15, 0.2) is 0 Å². The van der Waals surface area contributed by atoms with E-state index < -0.39 is 10.8 Å². The van der Waals surface area contributed by atoms with Gasteiger partial charge in [0, 0.05) is 28.9 Å². The van der Waals surface area contributed by atoms with Gasteiger partial charge in [0.2, 0.25) is 0 Å². The van der Waals surface area contributed by atoms with Crippen LogP contribution in [0.4, 0.5) is 0 Å². The molecular formula is C13H18N2OS. The molecule has 4 heteroatoms. The quantitative estimate of drug-likeness (QED) is 0.785. The third kappa shape index (κ3) is 5.12. The number of hydrogen-bond acceptors (Lipinski definition) is 3. The van der Waals surface area contributed by atoms with Crippen LogP contribution in [0.1, 0.15) is 30.5 Å². The Balaban J connectivity index is 2.44. The fraction of sp³-hybridized carbons (Fsp3) is 0.462. The Hall–Kier alpha value is -1.18. The Morgan fingerprint density at radius 1 is 1.53 bits per heavy atom. The van der Waals surface area contributed by atoms with Crippen LogP contribution in [0.2, 0.25) is 0 Å². The highest BCUT2D eigenvalue weighted by Gasteiger charge is 2.04. The topological polar surface area (TPSA) is 52.9 Å². The summed E-state index contributed by atoms with van der Waals surface area (Å²) in [6.45, 7) is 2.91. The molecule has 17 heavy (non-hydrogen) atoms. The predicted octanol–water partition coefficient (Wildman–Crippen LogP) is 1.98. The zero-order valence-corrected chi connectivity index (χ0v) is 11.1. The summed E-state index contributed by atoms with van der Waals surface area (Å²) in [4.78, 5) is 0. The standard InChI is InChI=1S/C13H18N2OS/c1-11(15-7-4-8-17(2)16)13-6-3-5-12(9-13)10-14/h3,5-6,9,11,15H,4,7-8H2,1-2H3. The second-order valence-corrected chi connectivity index (χ2v) is 5.60. The largest absolute Gasteiger partial charge is 0.310 e. The van der Waals surface area contributed by atoms with Gasteiger partial charge in [-0.1, -0.05) is 12.1 Å². The molecule has 92 valence electrons. The first-order chi connectivity index (χ1) is 8.13. The summed E-state index contributed by atoms with van der Waals surface area (Å²) in [6, 6.07) is 9.96. The molecule has 0 bridgehead atoms. The van der Waals surface area contributed by atoms with Crippen molar-refractivity contribution in [2.45, 2.75) is 19.4 Å². The molecule has 1 aromatic rings.